The van der Waals surface area contributed by atoms with Crippen LogP contribution in [0.3, 0.4) is 0 Å². The van der Waals surface area contributed by atoms with Crippen LogP contribution in [0, 0.1) is 0 Å². The molecule has 0 fully saturated rings. The van der Waals surface area contributed by atoms with Gasteiger partial charge in [-0.15, -0.1) is 0 Å². The molecule has 2 rings (SSSR count). The maximum atomic E-state index is 10.7. The number of carboxylic acid groups (broad SMARTS) is 1. The van der Waals surface area contributed by atoms with Gasteiger partial charge in [0.2, 0.25) is 6.79 Å². The zero-order valence-electron chi connectivity index (χ0n) is 6.64. The van der Waals surface area contributed by atoms with Crippen LogP contribution >= 0.6 is 0 Å². The molecule has 0 atom stereocenters. The van der Waals surface area contributed by atoms with E-state index in [9.17, 15) is 4.79 Å². The summed E-state index contributed by atoms with van der Waals surface area (Å²) in [4.78, 5) is 11.7. The molecule has 1 amide bonds. The number of allylic oxidation sites excluding steroid dienone is 2. The number of carbonyl (C=O) groups is 1. The van der Waals surface area contributed by atoms with Gasteiger partial charge in [0.25, 0.3) is 0 Å². The first-order chi connectivity index (χ1) is 6.29. The van der Waals surface area contributed by atoms with Crippen molar-refractivity contribution in [2.45, 2.75) is 0 Å². The summed E-state index contributed by atoms with van der Waals surface area (Å²) < 4.78 is 9.93. The van der Waals surface area contributed by atoms with Crippen molar-refractivity contribution >= 4 is 6.09 Å². The molecule has 0 aromatic rings. The van der Waals surface area contributed by atoms with E-state index in [0.717, 1.165) is 4.90 Å². The maximum Gasteiger partial charge on any atom is 0.416 e. The monoisotopic (exact) mass is 181 g/mol. The van der Waals surface area contributed by atoms with Gasteiger partial charge in [0.15, 0.2) is 5.76 Å². The predicted molar refractivity (Wildman–Crippen MR) is 42.2 cm³/mol. The van der Waals surface area contributed by atoms with Crippen LogP contribution in [0.4, 0.5) is 4.79 Å². The van der Waals surface area contributed by atoms with Crippen molar-refractivity contribution < 1.29 is 19.4 Å². The fourth-order valence-electron chi connectivity index (χ4n) is 1.12. The van der Waals surface area contributed by atoms with Crippen LogP contribution in [0.15, 0.2) is 36.1 Å². The number of nitrogens with zero attached hydrogens (tertiary/aromatic N) is 1. The molecule has 5 nitrogen and oxygen atoms in total. The Morgan fingerprint density at radius 3 is 3.23 bits per heavy atom. The zero-order valence-corrected chi connectivity index (χ0v) is 6.64. The summed E-state index contributed by atoms with van der Waals surface area (Å²) >= 11 is 0. The molecule has 2 aliphatic rings. The van der Waals surface area contributed by atoms with Gasteiger partial charge in [-0.3, -0.25) is 0 Å². The summed E-state index contributed by atoms with van der Waals surface area (Å²) in [5.74, 6) is 0.510. The Labute approximate surface area is 74.2 Å². The normalized spacial score (nSPS) is 19.2. The van der Waals surface area contributed by atoms with Crippen molar-refractivity contribution in [3.05, 3.63) is 36.1 Å². The lowest BCUT2D eigenvalue weighted by Crippen LogP contribution is -2.28. The molecule has 0 aromatic carbocycles. The largest absolute Gasteiger partial charge is 0.464 e. The smallest absolute Gasteiger partial charge is 0.416 e. The number of hydrogen-bond acceptors (Lipinski definition) is 3. The summed E-state index contributed by atoms with van der Waals surface area (Å²) in [5, 5.41) is 8.77. The number of amides is 1. The molecule has 5 heteroatoms. The third-order valence-corrected chi connectivity index (χ3v) is 1.68. The minimum atomic E-state index is -1.07. The van der Waals surface area contributed by atoms with Gasteiger partial charge in [0.05, 0.1) is 0 Å². The molecule has 2 heterocycles. The fraction of sp³-hybridized carbons (Fsp3) is 0.125. The molecule has 0 radical (unpaired) electrons. The van der Waals surface area contributed by atoms with Gasteiger partial charge >= 0.3 is 6.09 Å². The zero-order chi connectivity index (χ0) is 9.26. The fourth-order valence-corrected chi connectivity index (χ4v) is 1.12. The van der Waals surface area contributed by atoms with Crippen molar-refractivity contribution in [2.75, 3.05) is 6.79 Å². The van der Waals surface area contributed by atoms with E-state index in [1.807, 2.05) is 0 Å². The first kappa shape index (κ1) is 7.72. The number of rotatable bonds is 0. The summed E-state index contributed by atoms with van der Waals surface area (Å²) in [6.07, 6.45) is 5.02. The van der Waals surface area contributed by atoms with E-state index < -0.39 is 6.09 Å². The Morgan fingerprint density at radius 1 is 1.62 bits per heavy atom. The van der Waals surface area contributed by atoms with Gasteiger partial charge in [0, 0.05) is 6.20 Å². The van der Waals surface area contributed by atoms with Crippen molar-refractivity contribution in [3.63, 3.8) is 0 Å². The molecule has 1 N–H and O–H groups in total. The molecule has 0 saturated carbocycles. The van der Waals surface area contributed by atoms with Crippen LogP contribution in [-0.2, 0) is 9.47 Å². The molecular formula is C8H7NO4. The minimum Gasteiger partial charge on any atom is -0.464 e. The first-order valence-electron chi connectivity index (χ1n) is 3.64. The second-order valence-electron chi connectivity index (χ2n) is 2.46. The van der Waals surface area contributed by atoms with Gasteiger partial charge in [-0.25, -0.2) is 9.69 Å². The predicted octanol–water partition coefficient (Wildman–Crippen LogP) is 1.22. The van der Waals surface area contributed by atoms with Crippen LogP contribution in [0.5, 0.6) is 0 Å². The lowest BCUT2D eigenvalue weighted by molar-refractivity contribution is 0.00707. The Bertz CT molecular complexity index is 329. The average Bonchev–Trinajstić information content (AvgIpc) is 2.17. The van der Waals surface area contributed by atoms with Gasteiger partial charge in [0.1, 0.15) is 12.0 Å². The van der Waals surface area contributed by atoms with Crippen molar-refractivity contribution in [3.8, 4) is 0 Å². The molecule has 68 valence electrons. The molecule has 2 aliphatic heterocycles. The molecule has 0 aliphatic carbocycles. The van der Waals surface area contributed by atoms with E-state index >= 15 is 0 Å². The van der Waals surface area contributed by atoms with Crippen LogP contribution in [0.25, 0.3) is 0 Å². The SMILES string of the molecule is O=C(O)N1C=CC=C2OCOC=C21. The number of hydrogen-bond donors (Lipinski definition) is 1. The molecule has 0 spiro atoms. The quantitative estimate of drug-likeness (QED) is 0.610. The second kappa shape index (κ2) is 2.85. The number of ether oxygens (including phenoxy) is 2. The van der Waals surface area contributed by atoms with Crippen molar-refractivity contribution in [2.24, 2.45) is 0 Å². The molecule has 0 unspecified atom stereocenters. The van der Waals surface area contributed by atoms with Crippen molar-refractivity contribution in [1.82, 2.24) is 4.90 Å². The molecule has 0 saturated heterocycles. The molecule has 0 bridgehead atoms. The van der Waals surface area contributed by atoms with E-state index in [-0.39, 0.29) is 6.79 Å². The van der Waals surface area contributed by atoms with Gasteiger partial charge in [-0.05, 0) is 12.2 Å². The van der Waals surface area contributed by atoms with E-state index in [1.54, 1.807) is 12.2 Å². The van der Waals surface area contributed by atoms with E-state index in [1.165, 1.54) is 12.5 Å². The molecule has 13 heavy (non-hydrogen) atoms. The van der Waals surface area contributed by atoms with Crippen LogP contribution in [0.2, 0.25) is 0 Å². The van der Waals surface area contributed by atoms with E-state index in [0.29, 0.717) is 11.5 Å². The Hall–Kier alpha value is -1.91. The Kier molecular flexibility index (Phi) is 1.70. The summed E-state index contributed by atoms with van der Waals surface area (Å²) in [7, 11) is 0. The topological polar surface area (TPSA) is 59.0 Å². The highest BCUT2D eigenvalue weighted by atomic mass is 16.7. The second-order valence-corrected chi connectivity index (χ2v) is 2.46. The van der Waals surface area contributed by atoms with Crippen LogP contribution in [0.1, 0.15) is 0 Å². The van der Waals surface area contributed by atoms with Crippen molar-refractivity contribution in [1.29, 1.82) is 0 Å². The van der Waals surface area contributed by atoms with E-state index in [4.69, 9.17) is 14.6 Å². The minimum absolute atomic E-state index is 0.122. The Morgan fingerprint density at radius 2 is 2.46 bits per heavy atom. The van der Waals surface area contributed by atoms with Gasteiger partial charge in [-0.1, -0.05) is 0 Å². The summed E-state index contributed by atoms with van der Waals surface area (Å²) in [5.41, 5.74) is 0.404. The molecule has 0 aromatic heterocycles. The highest BCUT2D eigenvalue weighted by Crippen LogP contribution is 2.24. The number of fused-ring (bicyclic) bond motifs is 1. The van der Waals surface area contributed by atoms with Crippen LogP contribution in [-0.4, -0.2) is 22.9 Å². The molecular weight excluding hydrogens is 174 g/mol. The van der Waals surface area contributed by atoms with Gasteiger partial charge < -0.3 is 14.6 Å². The lowest BCUT2D eigenvalue weighted by Gasteiger charge is -2.26. The average molecular weight is 181 g/mol. The third-order valence-electron chi connectivity index (χ3n) is 1.68. The summed E-state index contributed by atoms with van der Waals surface area (Å²) in [6.45, 7) is 0.122. The standard InChI is InChI=1S/C8H7NO4/c10-8(11)9-3-1-2-7-6(9)4-12-5-13-7/h1-4H,5H2,(H,10,11). The first-order valence-corrected chi connectivity index (χ1v) is 3.64. The highest BCUT2D eigenvalue weighted by molar-refractivity contribution is 5.71. The highest BCUT2D eigenvalue weighted by Gasteiger charge is 2.24. The summed E-state index contributed by atoms with van der Waals surface area (Å²) in [6, 6.07) is 0. The van der Waals surface area contributed by atoms with Gasteiger partial charge in [-0.2, -0.15) is 0 Å². The Balaban J connectivity index is 2.35. The van der Waals surface area contributed by atoms with E-state index in [2.05, 4.69) is 0 Å². The lowest BCUT2D eigenvalue weighted by atomic mass is 10.2. The third kappa shape index (κ3) is 1.24. The van der Waals surface area contributed by atoms with Crippen LogP contribution < -0.4 is 0 Å². The maximum absolute atomic E-state index is 10.7.